The molecular weight excluding hydrogens is 154 g/mol. The zero-order valence-corrected chi connectivity index (χ0v) is 6.66. The molecule has 0 fully saturated rings. The molecule has 2 N–H and O–H groups in total. The second-order valence-electron chi connectivity index (χ2n) is 2.29. The predicted octanol–water partition coefficient (Wildman–Crippen LogP) is 1.06. The van der Waals surface area contributed by atoms with Crippen molar-refractivity contribution in [1.29, 1.82) is 5.41 Å². The van der Waals surface area contributed by atoms with E-state index in [1.807, 2.05) is 12.1 Å². The van der Waals surface area contributed by atoms with Gasteiger partial charge in [0.25, 0.3) is 0 Å². The Morgan fingerprint density at radius 2 is 2.33 bits per heavy atom. The van der Waals surface area contributed by atoms with E-state index in [2.05, 4.69) is 0 Å². The van der Waals surface area contributed by atoms with E-state index in [1.54, 1.807) is 12.1 Å². The molecule has 0 atom stereocenters. The van der Waals surface area contributed by atoms with Crippen molar-refractivity contribution in [2.75, 3.05) is 13.2 Å². The van der Waals surface area contributed by atoms with Crippen molar-refractivity contribution >= 4 is 6.21 Å². The van der Waals surface area contributed by atoms with Crippen LogP contribution in [-0.4, -0.2) is 24.5 Å². The molecule has 64 valence electrons. The fourth-order valence-electron chi connectivity index (χ4n) is 0.858. The van der Waals surface area contributed by atoms with Gasteiger partial charge in [-0.05, 0) is 17.7 Å². The summed E-state index contributed by atoms with van der Waals surface area (Å²) in [5.41, 5.74) is 0.797. The Kier molecular flexibility index (Phi) is 3.29. The molecule has 3 heteroatoms. The molecule has 0 aliphatic rings. The van der Waals surface area contributed by atoms with Crippen molar-refractivity contribution in [2.45, 2.75) is 0 Å². The molecule has 0 radical (unpaired) electrons. The first-order valence-electron chi connectivity index (χ1n) is 3.71. The molecule has 0 aromatic heterocycles. The summed E-state index contributed by atoms with van der Waals surface area (Å²) in [6.07, 6.45) is 1.26. The van der Waals surface area contributed by atoms with E-state index in [0.717, 1.165) is 5.56 Å². The molecule has 0 unspecified atom stereocenters. The van der Waals surface area contributed by atoms with Crippen molar-refractivity contribution < 1.29 is 9.84 Å². The van der Waals surface area contributed by atoms with Gasteiger partial charge in [-0.15, -0.1) is 0 Å². The second-order valence-corrected chi connectivity index (χ2v) is 2.29. The Morgan fingerprint density at radius 1 is 1.50 bits per heavy atom. The molecular formula is C9H11NO2. The molecule has 1 rings (SSSR count). The zero-order chi connectivity index (χ0) is 8.81. The van der Waals surface area contributed by atoms with Crippen molar-refractivity contribution in [1.82, 2.24) is 0 Å². The van der Waals surface area contributed by atoms with Gasteiger partial charge in [0, 0.05) is 6.21 Å². The normalized spacial score (nSPS) is 9.42. The van der Waals surface area contributed by atoms with E-state index in [1.165, 1.54) is 6.21 Å². The molecule has 0 saturated heterocycles. The number of aliphatic hydroxyl groups excluding tert-OH is 1. The highest BCUT2D eigenvalue weighted by molar-refractivity contribution is 5.77. The van der Waals surface area contributed by atoms with Crippen LogP contribution in [0.25, 0.3) is 0 Å². The van der Waals surface area contributed by atoms with Crippen molar-refractivity contribution in [2.24, 2.45) is 0 Å². The summed E-state index contributed by atoms with van der Waals surface area (Å²) >= 11 is 0. The Morgan fingerprint density at radius 3 is 3.00 bits per heavy atom. The first-order chi connectivity index (χ1) is 5.86. The van der Waals surface area contributed by atoms with Crippen LogP contribution < -0.4 is 4.74 Å². The number of hydrogen-bond acceptors (Lipinski definition) is 3. The highest BCUT2D eigenvalue weighted by Gasteiger charge is 1.92. The molecule has 0 spiro atoms. The molecule has 0 amide bonds. The Hall–Kier alpha value is -1.35. The average molecular weight is 165 g/mol. The number of hydrogen-bond donors (Lipinski definition) is 2. The van der Waals surface area contributed by atoms with Crippen LogP contribution >= 0.6 is 0 Å². The maximum absolute atomic E-state index is 8.48. The van der Waals surface area contributed by atoms with E-state index in [4.69, 9.17) is 15.3 Å². The highest BCUT2D eigenvalue weighted by atomic mass is 16.5. The summed E-state index contributed by atoms with van der Waals surface area (Å²) in [7, 11) is 0. The Balaban J connectivity index is 2.66. The average Bonchev–Trinajstić information content (AvgIpc) is 2.15. The Labute approximate surface area is 71.1 Å². The van der Waals surface area contributed by atoms with Gasteiger partial charge in [-0.2, -0.15) is 0 Å². The minimum Gasteiger partial charge on any atom is -0.491 e. The Bertz CT molecular complexity index is 260. The van der Waals surface area contributed by atoms with Gasteiger partial charge in [0.2, 0.25) is 0 Å². The third-order valence-electron chi connectivity index (χ3n) is 1.38. The first kappa shape index (κ1) is 8.74. The topological polar surface area (TPSA) is 53.3 Å². The van der Waals surface area contributed by atoms with Gasteiger partial charge in [-0.1, -0.05) is 12.1 Å². The van der Waals surface area contributed by atoms with Crippen LogP contribution in [0.3, 0.4) is 0 Å². The molecule has 1 aromatic carbocycles. The highest BCUT2D eigenvalue weighted by Crippen LogP contribution is 2.11. The summed E-state index contributed by atoms with van der Waals surface area (Å²) in [5.74, 6) is 0.685. The maximum Gasteiger partial charge on any atom is 0.120 e. The standard InChI is InChI=1S/C9H11NO2/c10-7-8-2-1-3-9(6-8)12-5-4-11/h1-3,6-7,10-11H,4-5H2. The minimum atomic E-state index is 0.00875. The van der Waals surface area contributed by atoms with E-state index >= 15 is 0 Å². The number of benzene rings is 1. The summed E-state index contributed by atoms with van der Waals surface area (Å²) in [5, 5.41) is 15.5. The molecule has 0 aliphatic heterocycles. The third-order valence-corrected chi connectivity index (χ3v) is 1.38. The van der Waals surface area contributed by atoms with Crippen LogP contribution in [0.2, 0.25) is 0 Å². The van der Waals surface area contributed by atoms with Gasteiger partial charge < -0.3 is 15.3 Å². The van der Waals surface area contributed by atoms with E-state index in [-0.39, 0.29) is 6.61 Å². The molecule has 0 aliphatic carbocycles. The third kappa shape index (κ3) is 2.36. The van der Waals surface area contributed by atoms with Gasteiger partial charge in [0.15, 0.2) is 0 Å². The molecule has 0 heterocycles. The van der Waals surface area contributed by atoms with Gasteiger partial charge in [0.1, 0.15) is 12.4 Å². The van der Waals surface area contributed by atoms with Crippen LogP contribution in [-0.2, 0) is 0 Å². The smallest absolute Gasteiger partial charge is 0.120 e. The zero-order valence-electron chi connectivity index (χ0n) is 6.66. The number of nitrogens with one attached hydrogen (secondary N) is 1. The molecule has 3 nitrogen and oxygen atoms in total. The van der Waals surface area contributed by atoms with Crippen molar-refractivity contribution in [3.05, 3.63) is 29.8 Å². The maximum atomic E-state index is 8.48. The van der Waals surface area contributed by atoms with Crippen LogP contribution in [0.4, 0.5) is 0 Å². The number of ether oxygens (including phenoxy) is 1. The second kappa shape index (κ2) is 4.51. The lowest BCUT2D eigenvalue weighted by atomic mass is 10.2. The monoisotopic (exact) mass is 165 g/mol. The van der Waals surface area contributed by atoms with Gasteiger partial charge in [-0.3, -0.25) is 0 Å². The summed E-state index contributed by atoms with van der Waals surface area (Å²) in [6.45, 7) is 0.302. The number of rotatable bonds is 4. The van der Waals surface area contributed by atoms with Gasteiger partial charge in [-0.25, -0.2) is 0 Å². The van der Waals surface area contributed by atoms with Crippen LogP contribution in [0.15, 0.2) is 24.3 Å². The van der Waals surface area contributed by atoms with Gasteiger partial charge >= 0.3 is 0 Å². The molecule has 1 aromatic rings. The van der Waals surface area contributed by atoms with Crippen molar-refractivity contribution in [3.63, 3.8) is 0 Å². The largest absolute Gasteiger partial charge is 0.491 e. The lowest BCUT2D eigenvalue weighted by Crippen LogP contribution is -2.01. The fourth-order valence-corrected chi connectivity index (χ4v) is 0.858. The predicted molar refractivity (Wildman–Crippen MR) is 46.9 cm³/mol. The minimum absolute atomic E-state index is 0.00875. The molecule has 12 heavy (non-hydrogen) atoms. The summed E-state index contributed by atoms with van der Waals surface area (Å²) in [4.78, 5) is 0. The van der Waals surface area contributed by atoms with E-state index in [9.17, 15) is 0 Å². The quantitative estimate of drug-likeness (QED) is 0.655. The van der Waals surface area contributed by atoms with Crippen LogP contribution in [0.1, 0.15) is 5.56 Å². The lowest BCUT2D eigenvalue weighted by molar-refractivity contribution is 0.201. The first-order valence-corrected chi connectivity index (χ1v) is 3.71. The lowest BCUT2D eigenvalue weighted by Gasteiger charge is -2.03. The van der Waals surface area contributed by atoms with Crippen molar-refractivity contribution in [3.8, 4) is 5.75 Å². The van der Waals surface area contributed by atoms with E-state index < -0.39 is 0 Å². The van der Waals surface area contributed by atoms with Crippen LogP contribution in [0.5, 0.6) is 5.75 Å². The summed E-state index contributed by atoms with van der Waals surface area (Å²) < 4.78 is 5.14. The molecule has 0 saturated carbocycles. The SMILES string of the molecule is N=Cc1cccc(OCCO)c1. The fraction of sp³-hybridized carbons (Fsp3) is 0.222. The number of aliphatic hydroxyl groups is 1. The van der Waals surface area contributed by atoms with Crippen LogP contribution in [0, 0.1) is 5.41 Å². The van der Waals surface area contributed by atoms with Gasteiger partial charge in [0.05, 0.1) is 6.61 Å². The summed E-state index contributed by atoms with van der Waals surface area (Å²) in [6, 6.07) is 7.18. The molecule has 0 bridgehead atoms. The van der Waals surface area contributed by atoms with E-state index in [0.29, 0.717) is 12.4 Å².